The number of carbonyl (C=O) groups excluding carboxylic acids is 1. The largest absolute Gasteiger partial charge is 0.383 e. The summed E-state index contributed by atoms with van der Waals surface area (Å²) in [6.07, 6.45) is 0. The van der Waals surface area contributed by atoms with Gasteiger partial charge in [-0.15, -0.1) is 0 Å². The smallest absolute Gasteiger partial charge is 0.195 e. The number of benzene rings is 1. The van der Waals surface area contributed by atoms with Crippen LogP contribution in [-0.4, -0.2) is 10.8 Å². The maximum absolute atomic E-state index is 12.5. The zero-order chi connectivity index (χ0) is 14.7. The summed E-state index contributed by atoms with van der Waals surface area (Å²) in [4.78, 5) is 16.2. The van der Waals surface area contributed by atoms with E-state index in [1.54, 1.807) is 42.5 Å². The lowest BCUT2D eigenvalue weighted by Gasteiger charge is -2.08. The quantitative estimate of drug-likeness (QED) is 0.672. The second kappa shape index (κ2) is 5.40. The van der Waals surface area contributed by atoms with E-state index in [0.29, 0.717) is 5.56 Å². The summed E-state index contributed by atoms with van der Waals surface area (Å²) in [6, 6.07) is 11.9. The van der Waals surface area contributed by atoms with Gasteiger partial charge in [0.15, 0.2) is 5.78 Å². The molecule has 0 aliphatic carbocycles. The van der Waals surface area contributed by atoms with Gasteiger partial charge in [-0.25, -0.2) is 4.98 Å². The fraction of sp³-hybridized carbons (Fsp3) is 0. The molecule has 0 spiro atoms. The Morgan fingerprint density at radius 3 is 2.30 bits per heavy atom. The van der Waals surface area contributed by atoms with Crippen molar-refractivity contribution in [2.24, 2.45) is 0 Å². The van der Waals surface area contributed by atoms with Crippen LogP contribution < -0.4 is 5.73 Å². The number of nitrogens with zero attached hydrogens (tertiary/aromatic N) is 3. The number of pyridine rings is 1. The fourth-order valence-corrected chi connectivity index (χ4v) is 1.98. The van der Waals surface area contributed by atoms with Gasteiger partial charge in [-0.3, -0.25) is 4.79 Å². The number of halogens is 1. The minimum Gasteiger partial charge on any atom is -0.383 e. The Labute approximate surface area is 119 Å². The van der Waals surface area contributed by atoms with Crippen LogP contribution in [0.4, 0.5) is 5.82 Å². The molecule has 0 saturated heterocycles. The normalized spacial score (nSPS) is 9.55. The molecule has 0 saturated carbocycles. The molecule has 6 heteroatoms. The lowest BCUT2D eigenvalue weighted by Crippen LogP contribution is -2.11. The van der Waals surface area contributed by atoms with Gasteiger partial charge in [0.25, 0.3) is 0 Å². The number of hydrogen-bond acceptors (Lipinski definition) is 5. The van der Waals surface area contributed by atoms with Crippen LogP contribution in [0.25, 0.3) is 0 Å². The summed E-state index contributed by atoms with van der Waals surface area (Å²) in [6.45, 7) is 0. The van der Waals surface area contributed by atoms with E-state index < -0.39 is 5.78 Å². The molecule has 20 heavy (non-hydrogen) atoms. The average molecular weight is 283 g/mol. The number of anilines is 1. The van der Waals surface area contributed by atoms with Crippen LogP contribution >= 0.6 is 11.6 Å². The summed E-state index contributed by atoms with van der Waals surface area (Å²) in [5.74, 6) is -0.662. The monoisotopic (exact) mass is 282 g/mol. The van der Waals surface area contributed by atoms with Crippen LogP contribution in [0.15, 0.2) is 30.3 Å². The van der Waals surface area contributed by atoms with E-state index in [9.17, 15) is 4.79 Å². The lowest BCUT2D eigenvalue weighted by atomic mass is 9.96. The molecule has 0 radical (unpaired) electrons. The first kappa shape index (κ1) is 13.5. The van der Waals surface area contributed by atoms with E-state index in [2.05, 4.69) is 4.98 Å². The Morgan fingerprint density at radius 1 is 1.15 bits per heavy atom. The SMILES string of the molecule is N#Cc1c(N)nc(Cl)c(C#N)c1C(=O)c1ccccc1. The summed E-state index contributed by atoms with van der Waals surface area (Å²) in [7, 11) is 0. The molecule has 0 fully saturated rings. The van der Waals surface area contributed by atoms with Gasteiger partial charge in [-0.1, -0.05) is 41.9 Å². The summed E-state index contributed by atoms with van der Waals surface area (Å²) >= 11 is 5.82. The fourth-order valence-electron chi connectivity index (χ4n) is 1.75. The molecule has 0 unspecified atom stereocenters. The molecule has 2 aromatic rings. The van der Waals surface area contributed by atoms with Crippen molar-refractivity contribution < 1.29 is 4.79 Å². The first-order chi connectivity index (χ1) is 9.60. The molecule has 2 rings (SSSR count). The molecule has 0 aliphatic rings. The molecule has 2 N–H and O–H groups in total. The maximum atomic E-state index is 12.5. The van der Waals surface area contributed by atoms with E-state index in [1.165, 1.54) is 0 Å². The minimum atomic E-state index is -0.491. The number of hydrogen-bond donors (Lipinski definition) is 1. The topological polar surface area (TPSA) is 104 Å². The Bertz CT molecular complexity index is 734. The van der Waals surface area contributed by atoms with Crippen molar-refractivity contribution in [1.82, 2.24) is 4.98 Å². The Morgan fingerprint density at radius 2 is 1.75 bits per heavy atom. The molecule has 5 nitrogen and oxygen atoms in total. The molecule has 1 aromatic carbocycles. The predicted molar refractivity (Wildman–Crippen MR) is 73.0 cm³/mol. The molecule has 0 aliphatic heterocycles. The highest BCUT2D eigenvalue weighted by Gasteiger charge is 2.24. The second-order valence-corrected chi connectivity index (χ2v) is 4.19. The standard InChI is InChI=1S/C14H7ClN4O/c15-13-9(6-16)11(10(7-17)14(18)19-13)12(20)8-4-2-1-3-5-8/h1-5H,(H2,18,19). The number of carbonyl (C=O) groups is 1. The zero-order valence-electron chi connectivity index (χ0n) is 10.1. The molecule has 0 amide bonds. The van der Waals surface area contributed by atoms with E-state index in [4.69, 9.17) is 27.9 Å². The van der Waals surface area contributed by atoms with Crippen LogP contribution in [0.3, 0.4) is 0 Å². The third-order valence-electron chi connectivity index (χ3n) is 2.67. The molecule has 96 valence electrons. The van der Waals surface area contributed by atoms with Crippen molar-refractivity contribution in [3.63, 3.8) is 0 Å². The molecular formula is C14H7ClN4O. The van der Waals surface area contributed by atoms with Crippen LogP contribution in [0.1, 0.15) is 27.0 Å². The predicted octanol–water partition coefficient (Wildman–Crippen LogP) is 2.29. The van der Waals surface area contributed by atoms with Crippen molar-refractivity contribution >= 4 is 23.2 Å². The number of aromatic nitrogens is 1. The highest BCUT2D eigenvalue weighted by atomic mass is 35.5. The minimum absolute atomic E-state index is 0.112. The van der Waals surface area contributed by atoms with Gasteiger partial charge in [0.2, 0.25) is 0 Å². The average Bonchev–Trinajstić information content (AvgIpc) is 2.46. The van der Waals surface area contributed by atoms with Crippen molar-refractivity contribution in [3.05, 3.63) is 57.7 Å². The van der Waals surface area contributed by atoms with Gasteiger partial charge >= 0.3 is 0 Å². The molecule has 1 heterocycles. The van der Waals surface area contributed by atoms with Gasteiger partial charge in [0, 0.05) is 5.56 Å². The van der Waals surface area contributed by atoms with E-state index in [0.717, 1.165) is 0 Å². The molecule has 0 atom stereocenters. The third-order valence-corrected chi connectivity index (χ3v) is 2.94. The number of rotatable bonds is 2. The maximum Gasteiger partial charge on any atom is 0.195 e. The Balaban J connectivity index is 2.77. The molecule has 0 bridgehead atoms. The molecular weight excluding hydrogens is 276 g/mol. The van der Waals surface area contributed by atoms with Crippen molar-refractivity contribution in [3.8, 4) is 12.1 Å². The summed E-state index contributed by atoms with van der Waals surface area (Å²) in [5, 5.41) is 18.1. The zero-order valence-corrected chi connectivity index (χ0v) is 10.8. The summed E-state index contributed by atoms with van der Waals surface area (Å²) in [5.41, 5.74) is 5.53. The highest BCUT2D eigenvalue weighted by molar-refractivity contribution is 6.31. The van der Waals surface area contributed by atoms with Gasteiger partial charge in [0.05, 0.1) is 5.56 Å². The Hall–Kier alpha value is -2.89. The third kappa shape index (κ3) is 2.18. The Kier molecular flexibility index (Phi) is 3.65. The number of ketones is 1. The lowest BCUT2D eigenvalue weighted by molar-refractivity contribution is 0.103. The van der Waals surface area contributed by atoms with Crippen molar-refractivity contribution in [2.75, 3.05) is 5.73 Å². The van der Waals surface area contributed by atoms with Crippen molar-refractivity contribution in [2.45, 2.75) is 0 Å². The van der Waals surface area contributed by atoms with Crippen LogP contribution in [-0.2, 0) is 0 Å². The van der Waals surface area contributed by atoms with Gasteiger partial charge < -0.3 is 5.73 Å². The number of nitrogen functional groups attached to an aromatic ring is 1. The van der Waals surface area contributed by atoms with E-state index in [-0.39, 0.29) is 27.7 Å². The first-order valence-electron chi connectivity index (χ1n) is 5.49. The van der Waals surface area contributed by atoms with E-state index >= 15 is 0 Å². The van der Waals surface area contributed by atoms with Crippen LogP contribution in [0.5, 0.6) is 0 Å². The van der Waals surface area contributed by atoms with Crippen LogP contribution in [0, 0.1) is 22.7 Å². The van der Waals surface area contributed by atoms with E-state index in [1.807, 2.05) is 0 Å². The number of nitriles is 2. The molecule has 1 aromatic heterocycles. The number of nitrogens with two attached hydrogens (primary N) is 1. The van der Waals surface area contributed by atoms with Gasteiger partial charge in [-0.05, 0) is 0 Å². The van der Waals surface area contributed by atoms with Crippen LogP contribution in [0.2, 0.25) is 5.15 Å². The second-order valence-electron chi connectivity index (χ2n) is 3.83. The summed E-state index contributed by atoms with van der Waals surface area (Å²) < 4.78 is 0. The first-order valence-corrected chi connectivity index (χ1v) is 5.86. The highest BCUT2D eigenvalue weighted by Crippen LogP contribution is 2.27. The van der Waals surface area contributed by atoms with Crippen molar-refractivity contribution in [1.29, 1.82) is 10.5 Å². The van der Waals surface area contributed by atoms with Gasteiger partial charge in [0.1, 0.15) is 34.2 Å². The van der Waals surface area contributed by atoms with Gasteiger partial charge in [-0.2, -0.15) is 10.5 Å².